The second-order valence-electron chi connectivity index (χ2n) is 5.64. The number of benzene rings is 2. The first kappa shape index (κ1) is 18.1. The molecule has 0 saturated heterocycles. The predicted molar refractivity (Wildman–Crippen MR) is 94.7 cm³/mol. The van der Waals surface area contributed by atoms with Crippen LogP contribution in [0.1, 0.15) is 34.5 Å². The second-order valence-corrected chi connectivity index (χ2v) is 5.64. The maximum absolute atomic E-state index is 13.8. The average molecular weight is 351 g/mol. The van der Waals surface area contributed by atoms with Crippen molar-refractivity contribution in [2.45, 2.75) is 19.4 Å². The molecule has 4 nitrogen and oxygen atoms in total. The van der Waals surface area contributed by atoms with Crippen molar-refractivity contribution >= 4 is 24.0 Å². The van der Waals surface area contributed by atoms with Crippen molar-refractivity contribution in [3.05, 3.63) is 58.9 Å². The predicted octanol–water partition coefficient (Wildman–Crippen LogP) is 3.72. The van der Waals surface area contributed by atoms with Crippen molar-refractivity contribution in [3.8, 4) is 5.75 Å². The van der Waals surface area contributed by atoms with E-state index >= 15 is 0 Å². The first-order chi connectivity index (χ1) is 11.1. The Morgan fingerprint density at radius 3 is 2.79 bits per heavy atom. The van der Waals surface area contributed by atoms with Crippen LogP contribution in [0.2, 0.25) is 0 Å². The van der Waals surface area contributed by atoms with Gasteiger partial charge in [0, 0.05) is 17.8 Å². The van der Waals surface area contributed by atoms with Gasteiger partial charge in [0.25, 0.3) is 5.91 Å². The van der Waals surface area contributed by atoms with Gasteiger partial charge < -0.3 is 15.4 Å². The van der Waals surface area contributed by atoms with Crippen LogP contribution in [-0.2, 0) is 6.42 Å². The largest absolute Gasteiger partial charge is 0.494 e. The summed E-state index contributed by atoms with van der Waals surface area (Å²) in [6.45, 7) is 2.73. The summed E-state index contributed by atoms with van der Waals surface area (Å²) in [4.78, 5) is 12.4. The number of carbonyl (C=O) groups is 1. The molecule has 1 atom stereocenters. The molecule has 128 valence electrons. The van der Waals surface area contributed by atoms with Crippen LogP contribution in [0.4, 0.5) is 10.1 Å². The molecule has 1 aliphatic rings. The fourth-order valence-electron chi connectivity index (χ4n) is 2.76. The van der Waals surface area contributed by atoms with Gasteiger partial charge in [0.05, 0.1) is 13.2 Å². The maximum Gasteiger partial charge on any atom is 0.251 e. The van der Waals surface area contributed by atoms with E-state index < -0.39 is 5.82 Å². The third kappa shape index (κ3) is 3.62. The van der Waals surface area contributed by atoms with E-state index in [2.05, 4.69) is 10.6 Å². The Kier molecular flexibility index (Phi) is 5.67. The molecule has 1 unspecified atom stereocenters. The Balaban J connectivity index is 0.00000208. The second kappa shape index (κ2) is 7.53. The summed E-state index contributed by atoms with van der Waals surface area (Å²) in [5, 5.41) is 6.17. The smallest absolute Gasteiger partial charge is 0.251 e. The van der Waals surface area contributed by atoms with Crippen molar-refractivity contribution in [2.75, 3.05) is 19.0 Å². The van der Waals surface area contributed by atoms with E-state index in [1.165, 1.54) is 13.2 Å². The van der Waals surface area contributed by atoms with Gasteiger partial charge in [0.1, 0.15) is 0 Å². The lowest BCUT2D eigenvalue weighted by Gasteiger charge is -2.15. The highest BCUT2D eigenvalue weighted by atomic mass is 35.5. The van der Waals surface area contributed by atoms with Gasteiger partial charge in [-0.1, -0.05) is 6.07 Å². The molecule has 0 aliphatic carbocycles. The molecule has 0 bridgehead atoms. The molecular formula is C18H20ClFN2O2. The van der Waals surface area contributed by atoms with E-state index in [1.807, 2.05) is 19.1 Å². The van der Waals surface area contributed by atoms with E-state index in [0.717, 1.165) is 24.2 Å². The Hall–Kier alpha value is -2.27. The minimum atomic E-state index is -0.435. The first-order valence-corrected chi connectivity index (χ1v) is 7.59. The molecule has 2 N–H and O–H groups in total. The molecular weight excluding hydrogens is 331 g/mol. The fourth-order valence-corrected chi connectivity index (χ4v) is 2.76. The molecule has 1 heterocycles. The lowest BCUT2D eigenvalue weighted by molar-refractivity contribution is 0.0939. The number of hydrogen-bond donors (Lipinski definition) is 2. The van der Waals surface area contributed by atoms with Gasteiger partial charge in [-0.25, -0.2) is 4.39 Å². The van der Waals surface area contributed by atoms with Gasteiger partial charge in [0.15, 0.2) is 11.6 Å². The summed E-state index contributed by atoms with van der Waals surface area (Å²) in [6.07, 6.45) is 0.926. The van der Waals surface area contributed by atoms with Crippen LogP contribution in [0.5, 0.6) is 5.75 Å². The van der Waals surface area contributed by atoms with Crippen molar-refractivity contribution in [3.63, 3.8) is 0 Å². The Morgan fingerprint density at radius 2 is 2.08 bits per heavy atom. The Morgan fingerprint density at radius 1 is 1.29 bits per heavy atom. The van der Waals surface area contributed by atoms with Gasteiger partial charge >= 0.3 is 0 Å². The number of fused-ring (bicyclic) bond motifs is 1. The highest BCUT2D eigenvalue weighted by Gasteiger charge is 2.16. The molecule has 2 aromatic rings. The summed E-state index contributed by atoms with van der Waals surface area (Å²) in [5.41, 5.74) is 3.56. The van der Waals surface area contributed by atoms with Crippen molar-refractivity contribution < 1.29 is 13.9 Å². The van der Waals surface area contributed by atoms with Crippen molar-refractivity contribution in [1.29, 1.82) is 0 Å². The number of carbonyl (C=O) groups excluding carboxylic acids is 1. The monoisotopic (exact) mass is 350 g/mol. The third-order valence-corrected chi connectivity index (χ3v) is 4.10. The Bertz CT molecular complexity index is 752. The van der Waals surface area contributed by atoms with Crippen LogP contribution in [-0.4, -0.2) is 19.6 Å². The molecule has 0 saturated carbocycles. The fraction of sp³-hybridized carbons (Fsp3) is 0.278. The highest BCUT2D eigenvalue weighted by Crippen LogP contribution is 2.24. The molecule has 24 heavy (non-hydrogen) atoms. The van der Waals surface area contributed by atoms with Crippen molar-refractivity contribution in [1.82, 2.24) is 5.32 Å². The van der Waals surface area contributed by atoms with Crippen LogP contribution >= 0.6 is 12.4 Å². The maximum atomic E-state index is 13.8. The molecule has 6 heteroatoms. The van der Waals surface area contributed by atoms with E-state index in [0.29, 0.717) is 11.1 Å². The number of halogens is 2. The average Bonchev–Trinajstić information content (AvgIpc) is 3.02. The number of nitrogens with one attached hydrogen (secondary N) is 2. The Labute approximate surface area is 146 Å². The summed E-state index contributed by atoms with van der Waals surface area (Å²) in [5.74, 6) is -0.406. The molecule has 0 fully saturated rings. The molecule has 3 rings (SSSR count). The minimum absolute atomic E-state index is 0. The molecule has 2 aromatic carbocycles. The van der Waals surface area contributed by atoms with Crippen molar-refractivity contribution in [2.24, 2.45) is 0 Å². The van der Waals surface area contributed by atoms with Crippen LogP contribution < -0.4 is 15.4 Å². The third-order valence-electron chi connectivity index (χ3n) is 4.10. The van der Waals surface area contributed by atoms with Crippen LogP contribution in [0.15, 0.2) is 36.4 Å². The van der Waals surface area contributed by atoms with E-state index in [-0.39, 0.29) is 30.1 Å². The summed E-state index contributed by atoms with van der Waals surface area (Å²) >= 11 is 0. The standard InChI is InChI=1S/C18H19FN2O2.ClH/c1-11(12-4-6-17(23-2)15(19)10-12)21-18(22)14-3-5-16-13(9-14)7-8-20-16;/h3-6,9-11,20H,7-8H2,1-2H3,(H,21,22);1H. The topological polar surface area (TPSA) is 50.4 Å². The van der Waals surface area contributed by atoms with E-state index in [4.69, 9.17) is 4.74 Å². The van der Waals surface area contributed by atoms with Crippen LogP contribution in [0.3, 0.4) is 0 Å². The first-order valence-electron chi connectivity index (χ1n) is 7.59. The summed E-state index contributed by atoms with van der Waals surface area (Å²) in [6, 6.07) is 10.0. The van der Waals surface area contributed by atoms with Gasteiger partial charge in [-0.2, -0.15) is 0 Å². The number of methoxy groups -OCH3 is 1. The zero-order valence-electron chi connectivity index (χ0n) is 13.6. The van der Waals surface area contributed by atoms with E-state index in [9.17, 15) is 9.18 Å². The number of hydrogen-bond acceptors (Lipinski definition) is 3. The summed E-state index contributed by atoms with van der Waals surface area (Å²) in [7, 11) is 1.42. The van der Waals surface area contributed by atoms with Crippen LogP contribution in [0, 0.1) is 5.82 Å². The molecule has 1 aliphatic heterocycles. The lowest BCUT2D eigenvalue weighted by atomic mass is 10.1. The number of rotatable bonds is 4. The zero-order chi connectivity index (χ0) is 16.4. The molecule has 0 radical (unpaired) electrons. The normalized spacial score (nSPS) is 13.3. The van der Waals surface area contributed by atoms with Gasteiger partial charge in [-0.15, -0.1) is 12.4 Å². The van der Waals surface area contributed by atoms with Gasteiger partial charge in [0.2, 0.25) is 0 Å². The molecule has 0 aromatic heterocycles. The quantitative estimate of drug-likeness (QED) is 0.883. The number of amides is 1. The molecule has 1 amide bonds. The minimum Gasteiger partial charge on any atom is -0.494 e. The SMILES string of the molecule is COc1ccc(C(C)NC(=O)c2ccc3c(c2)CCN3)cc1F.Cl. The number of anilines is 1. The van der Waals surface area contributed by atoms with Gasteiger partial charge in [-0.3, -0.25) is 4.79 Å². The highest BCUT2D eigenvalue weighted by molar-refractivity contribution is 5.95. The van der Waals surface area contributed by atoms with Gasteiger partial charge in [-0.05, 0) is 54.8 Å². The zero-order valence-corrected chi connectivity index (χ0v) is 14.4. The lowest BCUT2D eigenvalue weighted by Crippen LogP contribution is -2.26. The molecule has 0 spiro atoms. The van der Waals surface area contributed by atoms with Crippen LogP contribution in [0.25, 0.3) is 0 Å². The number of ether oxygens (including phenoxy) is 1. The van der Waals surface area contributed by atoms with E-state index in [1.54, 1.807) is 18.2 Å². The summed E-state index contributed by atoms with van der Waals surface area (Å²) < 4.78 is 18.7.